The van der Waals surface area contributed by atoms with E-state index in [4.69, 9.17) is 0 Å². The number of benzene rings is 1. The Morgan fingerprint density at radius 3 is 2.36 bits per heavy atom. The molecule has 0 saturated heterocycles. The second-order valence-corrected chi connectivity index (χ2v) is 8.62. The summed E-state index contributed by atoms with van der Waals surface area (Å²) in [7, 11) is 2.02. The molecule has 0 fully saturated rings. The Morgan fingerprint density at radius 2 is 1.71 bits per heavy atom. The van der Waals surface area contributed by atoms with Crippen molar-refractivity contribution in [2.75, 3.05) is 7.05 Å². The molecule has 1 aromatic rings. The lowest BCUT2D eigenvalue weighted by Crippen LogP contribution is -2.37. The van der Waals surface area contributed by atoms with Crippen LogP contribution >= 0.6 is 0 Å². The van der Waals surface area contributed by atoms with Crippen molar-refractivity contribution in [3.05, 3.63) is 75.9 Å². The first kappa shape index (κ1) is 20.5. The van der Waals surface area contributed by atoms with Gasteiger partial charge in [-0.1, -0.05) is 49.8 Å². The van der Waals surface area contributed by atoms with Gasteiger partial charge in [-0.15, -0.1) is 0 Å². The average Bonchev–Trinajstić information content (AvgIpc) is 2.59. The Balaban J connectivity index is 2.17. The van der Waals surface area contributed by atoms with Gasteiger partial charge in [0.25, 0.3) is 0 Å². The van der Waals surface area contributed by atoms with Crippen molar-refractivity contribution in [2.45, 2.75) is 53.3 Å². The van der Waals surface area contributed by atoms with Crippen LogP contribution in [0.3, 0.4) is 0 Å². The number of alkyl halides is 3. The quantitative estimate of drug-likeness (QED) is 0.560. The SMILES string of the molecule is Cc1cc(C)c(C)c(C2=CC(CC(C)(C)C(F)(F)F)=C3C=CC=CC3N2C)c1. The van der Waals surface area contributed by atoms with Crippen molar-refractivity contribution >= 4 is 5.70 Å². The van der Waals surface area contributed by atoms with E-state index in [-0.39, 0.29) is 12.5 Å². The molecule has 1 aliphatic heterocycles. The molecule has 1 heterocycles. The fourth-order valence-corrected chi connectivity index (χ4v) is 3.97. The van der Waals surface area contributed by atoms with Crippen LogP contribution in [0.4, 0.5) is 13.2 Å². The molecule has 2 aliphatic rings. The van der Waals surface area contributed by atoms with Crippen LogP contribution < -0.4 is 0 Å². The zero-order valence-electron chi connectivity index (χ0n) is 17.4. The summed E-state index contributed by atoms with van der Waals surface area (Å²) in [5.74, 6) is 0. The van der Waals surface area contributed by atoms with Crippen molar-refractivity contribution < 1.29 is 13.2 Å². The van der Waals surface area contributed by atoms with Crippen LogP contribution in [-0.4, -0.2) is 24.2 Å². The van der Waals surface area contributed by atoms with Crippen LogP contribution in [0.5, 0.6) is 0 Å². The molecular formula is C24H28F3N. The Bertz CT molecular complexity index is 911. The number of likely N-dealkylation sites (N-methyl/N-ethyl adjacent to an activating group) is 1. The summed E-state index contributed by atoms with van der Waals surface area (Å²) in [4.78, 5) is 2.17. The molecule has 0 N–H and O–H groups in total. The summed E-state index contributed by atoms with van der Waals surface area (Å²) in [6.45, 7) is 8.77. The van der Waals surface area contributed by atoms with Gasteiger partial charge in [0.15, 0.2) is 0 Å². The van der Waals surface area contributed by atoms with E-state index in [1.165, 1.54) is 19.4 Å². The van der Waals surface area contributed by atoms with Crippen molar-refractivity contribution in [3.63, 3.8) is 0 Å². The van der Waals surface area contributed by atoms with Crippen LogP contribution in [-0.2, 0) is 0 Å². The number of halogens is 3. The second kappa shape index (κ2) is 6.98. The molecule has 0 radical (unpaired) electrons. The Labute approximate surface area is 165 Å². The van der Waals surface area contributed by atoms with Crippen LogP contribution in [0, 0.1) is 26.2 Å². The minimum atomic E-state index is -4.25. The van der Waals surface area contributed by atoms with Crippen LogP contribution in [0.2, 0.25) is 0 Å². The number of nitrogens with zero attached hydrogens (tertiary/aromatic N) is 1. The standard InChI is InChI=1S/C24H28F3N/c1-15-11-16(2)17(3)20(12-15)22-13-18(14-23(4,5)24(25,26)27)19-9-7-8-10-21(19)28(22)6/h7-13,21H,14H2,1-6H3. The van der Waals surface area contributed by atoms with E-state index >= 15 is 0 Å². The highest BCUT2D eigenvalue weighted by molar-refractivity contribution is 5.74. The van der Waals surface area contributed by atoms with E-state index in [0.717, 1.165) is 33.5 Å². The molecule has 1 unspecified atom stereocenters. The highest BCUT2D eigenvalue weighted by Gasteiger charge is 2.48. The molecule has 1 aliphatic carbocycles. The Morgan fingerprint density at radius 1 is 1.04 bits per heavy atom. The van der Waals surface area contributed by atoms with Gasteiger partial charge in [-0.05, 0) is 61.6 Å². The minimum Gasteiger partial charge on any atom is -0.364 e. The molecule has 4 heteroatoms. The first-order valence-electron chi connectivity index (χ1n) is 9.60. The largest absolute Gasteiger partial charge is 0.394 e. The number of hydrogen-bond acceptors (Lipinski definition) is 1. The first-order valence-corrected chi connectivity index (χ1v) is 9.60. The number of allylic oxidation sites excluding steroid dienone is 4. The van der Waals surface area contributed by atoms with Gasteiger partial charge < -0.3 is 4.90 Å². The van der Waals surface area contributed by atoms with E-state index in [2.05, 4.69) is 43.9 Å². The number of hydrogen-bond donors (Lipinski definition) is 0. The summed E-state index contributed by atoms with van der Waals surface area (Å²) in [6, 6.07) is 4.22. The molecule has 1 nitrogen and oxygen atoms in total. The van der Waals surface area contributed by atoms with Crippen molar-refractivity contribution in [3.8, 4) is 0 Å². The van der Waals surface area contributed by atoms with Gasteiger partial charge in [0.2, 0.25) is 0 Å². The van der Waals surface area contributed by atoms with Crippen LogP contribution in [0.15, 0.2) is 53.7 Å². The summed E-state index contributed by atoms with van der Waals surface area (Å²) in [5.41, 5.74) is 5.50. The molecule has 0 spiro atoms. The van der Waals surface area contributed by atoms with Gasteiger partial charge in [-0.25, -0.2) is 0 Å². The fourth-order valence-electron chi connectivity index (χ4n) is 3.97. The van der Waals surface area contributed by atoms with Gasteiger partial charge in [0.1, 0.15) is 0 Å². The first-order chi connectivity index (χ1) is 12.9. The maximum absolute atomic E-state index is 13.6. The van der Waals surface area contributed by atoms with E-state index in [0.29, 0.717) is 0 Å². The third-order valence-corrected chi connectivity index (χ3v) is 5.97. The highest BCUT2D eigenvalue weighted by atomic mass is 19.4. The minimum absolute atomic E-state index is 0.0400. The van der Waals surface area contributed by atoms with E-state index in [9.17, 15) is 13.2 Å². The van der Waals surface area contributed by atoms with Gasteiger partial charge >= 0.3 is 6.18 Å². The molecule has 0 bridgehead atoms. The topological polar surface area (TPSA) is 3.24 Å². The monoisotopic (exact) mass is 387 g/mol. The lowest BCUT2D eigenvalue weighted by Gasteiger charge is -2.39. The molecule has 28 heavy (non-hydrogen) atoms. The van der Waals surface area contributed by atoms with E-state index in [1.54, 1.807) is 0 Å². The molecule has 0 saturated carbocycles. The average molecular weight is 387 g/mol. The zero-order chi connectivity index (χ0) is 20.9. The van der Waals surface area contributed by atoms with Crippen molar-refractivity contribution in [1.29, 1.82) is 0 Å². The highest BCUT2D eigenvalue weighted by Crippen LogP contribution is 2.46. The lowest BCUT2D eigenvalue weighted by molar-refractivity contribution is -0.210. The molecule has 1 atom stereocenters. The summed E-state index contributed by atoms with van der Waals surface area (Å²) in [6.07, 6.45) is 5.55. The molecule has 0 amide bonds. The fraction of sp³-hybridized carbons (Fsp3) is 0.417. The van der Waals surface area contributed by atoms with Gasteiger partial charge in [-0.3, -0.25) is 0 Å². The van der Waals surface area contributed by atoms with Crippen molar-refractivity contribution in [1.82, 2.24) is 4.90 Å². The smallest absolute Gasteiger partial charge is 0.364 e. The third kappa shape index (κ3) is 3.57. The maximum atomic E-state index is 13.6. The van der Waals surface area contributed by atoms with Crippen molar-refractivity contribution in [2.24, 2.45) is 5.41 Å². The molecule has 1 aromatic carbocycles. The number of fused-ring (bicyclic) bond motifs is 1. The second-order valence-electron chi connectivity index (χ2n) is 8.62. The molecular weight excluding hydrogens is 359 g/mol. The lowest BCUT2D eigenvalue weighted by atomic mass is 9.79. The van der Waals surface area contributed by atoms with E-state index < -0.39 is 11.6 Å². The third-order valence-electron chi connectivity index (χ3n) is 5.97. The number of aryl methyl sites for hydroxylation is 2. The van der Waals surface area contributed by atoms with Crippen LogP contribution in [0.1, 0.15) is 42.5 Å². The van der Waals surface area contributed by atoms with Gasteiger partial charge in [0, 0.05) is 18.3 Å². The van der Waals surface area contributed by atoms with Crippen LogP contribution in [0.25, 0.3) is 5.70 Å². The normalized spacial score (nSPS) is 19.8. The summed E-state index contributed by atoms with van der Waals surface area (Å²) >= 11 is 0. The molecule has 150 valence electrons. The predicted molar refractivity (Wildman–Crippen MR) is 110 cm³/mol. The predicted octanol–water partition coefficient (Wildman–Crippen LogP) is 6.67. The summed E-state index contributed by atoms with van der Waals surface area (Å²) in [5, 5.41) is 0. The molecule has 0 aromatic heterocycles. The van der Waals surface area contributed by atoms with E-state index in [1.807, 2.05) is 31.4 Å². The molecule has 3 rings (SSSR count). The Kier molecular flexibility index (Phi) is 5.11. The number of rotatable bonds is 3. The maximum Gasteiger partial charge on any atom is 0.394 e. The van der Waals surface area contributed by atoms with Gasteiger partial charge in [0.05, 0.1) is 11.5 Å². The van der Waals surface area contributed by atoms with Gasteiger partial charge in [-0.2, -0.15) is 13.2 Å². The Hall–Kier alpha value is -2.23. The summed E-state index contributed by atoms with van der Waals surface area (Å²) < 4.78 is 40.8. The zero-order valence-corrected chi connectivity index (χ0v) is 17.4.